The van der Waals surface area contributed by atoms with E-state index in [1.54, 1.807) is 18.2 Å². The molecule has 2 N–H and O–H groups in total. The maximum Gasteiger partial charge on any atom is 0.261 e. The first-order chi connectivity index (χ1) is 12.8. The molecule has 0 aromatic heterocycles. The lowest BCUT2D eigenvalue weighted by Crippen LogP contribution is -2.34. The summed E-state index contributed by atoms with van der Waals surface area (Å²) in [7, 11) is 0. The Kier molecular flexibility index (Phi) is 8.01. The molecule has 4 nitrogen and oxygen atoms in total. The number of benzene rings is 2. The predicted octanol–water partition coefficient (Wildman–Crippen LogP) is 5.79. The molecule has 0 aliphatic rings. The molecule has 0 spiro atoms. The van der Waals surface area contributed by atoms with E-state index in [-0.39, 0.29) is 10.1 Å². The van der Waals surface area contributed by atoms with Crippen LogP contribution in [0.3, 0.4) is 0 Å². The summed E-state index contributed by atoms with van der Waals surface area (Å²) in [5.41, 5.74) is 0.823. The molecule has 144 valence electrons. The van der Waals surface area contributed by atoms with Gasteiger partial charge in [-0.15, -0.1) is 0 Å². The van der Waals surface area contributed by atoms with Crippen molar-refractivity contribution >= 4 is 56.5 Å². The number of anilines is 1. The first-order valence-electron chi connectivity index (χ1n) is 8.26. The third-order valence-corrected chi connectivity index (χ3v) is 4.53. The van der Waals surface area contributed by atoms with Gasteiger partial charge in [-0.3, -0.25) is 10.1 Å². The SMILES string of the molecule is CC(C)CCOc1ccc(Br)cc1C(=O)NC(=S)Nc1ccc(F)c(Cl)c1. The topological polar surface area (TPSA) is 50.4 Å². The van der Waals surface area contributed by atoms with Crippen LogP contribution in [0.15, 0.2) is 40.9 Å². The number of hydrogen-bond acceptors (Lipinski definition) is 3. The maximum atomic E-state index is 13.2. The molecule has 8 heteroatoms. The van der Waals surface area contributed by atoms with Crippen LogP contribution in [0.2, 0.25) is 5.02 Å². The number of nitrogens with one attached hydrogen (secondary N) is 2. The van der Waals surface area contributed by atoms with Gasteiger partial charge in [-0.2, -0.15) is 0 Å². The number of halogens is 3. The Bertz CT molecular complexity index is 848. The van der Waals surface area contributed by atoms with Crippen LogP contribution in [0.1, 0.15) is 30.6 Å². The molecule has 2 rings (SSSR count). The Labute approximate surface area is 176 Å². The van der Waals surface area contributed by atoms with Gasteiger partial charge >= 0.3 is 0 Å². The van der Waals surface area contributed by atoms with Crippen molar-refractivity contribution in [2.45, 2.75) is 20.3 Å². The second-order valence-electron chi connectivity index (χ2n) is 6.21. The van der Waals surface area contributed by atoms with Crippen LogP contribution in [0.25, 0.3) is 0 Å². The van der Waals surface area contributed by atoms with E-state index < -0.39 is 11.7 Å². The highest BCUT2D eigenvalue weighted by atomic mass is 79.9. The summed E-state index contributed by atoms with van der Waals surface area (Å²) in [6.45, 7) is 4.71. The fraction of sp³-hybridized carbons (Fsp3) is 0.263. The molecule has 2 aromatic carbocycles. The number of rotatable bonds is 6. The van der Waals surface area contributed by atoms with E-state index in [0.29, 0.717) is 29.5 Å². The monoisotopic (exact) mass is 472 g/mol. The van der Waals surface area contributed by atoms with Gasteiger partial charge in [0.2, 0.25) is 0 Å². The van der Waals surface area contributed by atoms with E-state index in [0.717, 1.165) is 10.9 Å². The Morgan fingerprint density at radius 2 is 2.04 bits per heavy atom. The molecular formula is C19H19BrClFN2O2S. The number of thiocarbonyl (C=S) groups is 1. The summed E-state index contributed by atoms with van der Waals surface area (Å²) in [6, 6.07) is 9.27. The summed E-state index contributed by atoms with van der Waals surface area (Å²) >= 11 is 14.3. The van der Waals surface area contributed by atoms with Gasteiger partial charge in [-0.25, -0.2) is 4.39 Å². The van der Waals surface area contributed by atoms with Crippen molar-refractivity contribution < 1.29 is 13.9 Å². The molecule has 0 heterocycles. The third-order valence-electron chi connectivity index (χ3n) is 3.54. The van der Waals surface area contributed by atoms with Crippen LogP contribution in [-0.2, 0) is 0 Å². The highest BCUT2D eigenvalue weighted by Crippen LogP contribution is 2.24. The molecule has 0 radical (unpaired) electrons. The standard InChI is InChI=1S/C19H19BrClFN2O2S/c1-11(2)7-8-26-17-6-3-12(20)9-14(17)18(25)24-19(27)23-13-4-5-16(22)15(21)10-13/h3-6,9-11H,7-8H2,1-2H3,(H2,23,24,25,27). The van der Waals surface area contributed by atoms with E-state index in [9.17, 15) is 9.18 Å². The van der Waals surface area contributed by atoms with E-state index >= 15 is 0 Å². The zero-order chi connectivity index (χ0) is 20.0. The molecule has 0 aliphatic carbocycles. The minimum Gasteiger partial charge on any atom is -0.493 e. The Morgan fingerprint density at radius 1 is 1.30 bits per heavy atom. The molecule has 0 aliphatic heterocycles. The van der Waals surface area contributed by atoms with Gasteiger partial charge in [-0.1, -0.05) is 41.4 Å². The summed E-state index contributed by atoms with van der Waals surface area (Å²) in [5.74, 6) is 0.0251. The number of amides is 1. The first-order valence-corrected chi connectivity index (χ1v) is 9.84. The minimum atomic E-state index is -0.533. The van der Waals surface area contributed by atoms with Crippen molar-refractivity contribution in [2.75, 3.05) is 11.9 Å². The Morgan fingerprint density at radius 3 is 2.70 bits per heavy atom. The predicted molar refractivity (Wildman–Crippen MR) is 114 cm³/mol. The van der Waals surface area contributed by atoms with Crippen LogP contribution in [0.5, 0.6) is 5.75 Å². The van der Waals surface area contributed by atoms with Crippen LogP contribution in [0.4, 0.5) is 10.1 Å². The zero-order valence-corrected chi connectivity index (χ0v) is 18.0. The van der Waals surface area contributed by atoms with Gasteiger partial charge in [0.25, 0.3) is 5.91 Å². The number of carbonyl (C=O) groups is 1. The largest absolute Gasteiger partial charge is 0.493 e. The maximum absolute atomic E-state index is 13.2. The van der Waals surface area contributed by atoms with Crippen molar-refractivity contribution in [3.63, 3.8) is 0 Å². The van der Waals surface area contributed by atoms with Crippen molar-refractivity contribution in [2.24, 2.45) is 5.92 Å². The second-order valence-corrected chi connectivity index (χ2v) is 7.94. The molecule has 0 saturated heterocycles. The van der Waals surface area contributed by atoms with Gasteiger partial charge in [0.1, 0.15) is 11.6 Å². The zero-order valence-electron chi connectivity index (χ0n) is 14.8. The van der Waals surface area contributed by atoms with Gasteiger partial charge in [0.05, 0.1) is 17.2 Å². The van der Waals surface area contributed by atoms with E-state index in [4.69, 9.17) is 28.6 Å². The van der Waals surface area contributed by atoms with Gasteiger partial charge in [0, 0.05) is 10.2 Å². The number of carbonyl (C=O) groups excluding carboxylic acids is 1. The van der Waals surface area contributed by atoms with Crippen molar-refractivity contribution in [3.8, 4) is 5.75 Å². The average Bonchev–Trinajstić information content (AvgIpc) is 2.59. The molecule has 0 atom stereocenters. The van der Waals surface area contributed by atoms with Crippen LogP contribution < -0.4 is 15.4 Å². The number of hydrogen-bond donors (Lipinski definition) is 2. The Hall–Kier alpha value is -1.70. The molecule has 2 aromatic rings. The van der Waals surface area contributed by atoms with Crippen molar-refractivity contribution in [1.29, 1.82) is 0 Å². The van der Waals surface area contributed by atoms with Crippen molar-refractivity contribution in [3.05, 3.63) is 57.3 Å². The molecule has 0 saturated carbocycles. The lowest BCUT2D eigenvalue weighted by molar-refractivity contribution is 0.0973. The molecule has 0 fully saturated rings. The highest BCUT2D eigenvalue weighted by molar-refractivity contribution is 9.10. The van der Waals surface area contributed by atoms with Crippen molar-refractivity contribution in [1.82, 2.24) is 5.32 Å². The van der Waals surface area contributed by atoms with Gasteiger partial charge < -0.3 is 10.1 Å². The van der Waals surface area contributed by atoms with E-state index in [1.807, 2.05) is 0 Å². The fourth-order valence-corrected chi connectivity index (χ4v) is 2.87. The lowest BCUT2D eigenvalue weighted by Gasteiger charge is -2.14. The third kappa shape index (κ3) is 6.75. The van der Waals surface area contributed by atoms with Gasteiger partial charge in [0.15, 0.2) is 5.11 Å². The molecule has 1 amide bonds. The highest BCUT2D eigenvalue weighted by Gasteiger charge is 2.15. The van der Waals surface area contributed by atoms with E-state index in [1.165, 1.54) is 18.2 Å². The fourth-order valence-electron chi connectivity index (χ4n) is 2.12. The lowest BCUT2D eigenvalue weighted by atomic mass is 10.1. The summed E-state index contributed by atoms with van der Waals surface area (Å²) in [4.78, 5) is 12.6. The summed E-state index contributed by atoms with van der Waals surface area (Å²) in [5, 5.41) is 5.41. The quantitative estimate of drug-likeness (QED) is 0.521. The molecule has 27 heavy (non-hydrogen) atoms. The smallest absolute Gasteiger partial charge is 0.261 e. The Balaban J connectivity index is 2.06. The first kappa shape index (κ1) is 21.6. The van der Waals surface area contributed by atoms with E-state index in [2.05, 4.69) is 40.4 Å². The molecule has 0 unspecified atom stereocenters. The second kappa shape index (κ2) is 10.0. The summed E-state index contributed by atoms with van der Waals surface area (Å²) in [6.07, 6.45) is 0.877. The average molecular weight is 474 g/mol. The number of ether oxygens (including phenoxy) is 1. The van der Waals surface area contributed by atoms with Crippen LogP contribution >= 0.6 is 39.7 Å². The van der Waals surface area contributed by atoms with Crippen LogP contribution in [0, 0.1) is 11.7 Å². The van der Waals surface area contributed by atoms with Crippen LogP contribution in [-0.4, -0.2) is 17.6 Å². The van der Waals surface area contributed by atoms with Gasteiger partial charge in [-0.05, 0) is 61.0 Å². The summed E-state index contributed by atoms with van der Waals surface area (Å²) < 4.78 is 19.7. The normalized spacial score (nSPS) is 10.6. The molecule has 0 bridgehead atoms. The molecular weight excluding hydrogens is 455 g/mol. The minimum absolute atomic E-state index is 0.0399.